The van der Waals surface area contributed by atoms with Crippen LogP contribution in [-0.4, -0.2) is 58.6 Å². The molecule has 0 spiro atoms. The van der Waals surface area contributed by atoms with Gasteiger partial charge in [0.15, 0.2) is 5.69 Å². The third-order valence-electron chi connectivity index (χ3n) is 3.70. The number of methoxy groups -OCH3 is 1. The summed E-state index contributed by atoms with van der Waals surface area (Å²) in [7, 11) is 1.59. The molecule has 1 saturated heterocycles. The van der Waals surface area contributed by atoms with Gasteiger partial charge >= 0.3 is 5.97 Å². The second kappa shape index (κ2) is 5.71. The number of piperazine rings is 1. The minimum Gasteiger partial charge on any atom is -0.495 e. The van der Waals surface area contributed by atoms with Gasteiger partial charge in [0.1, 0.15) is 11.6 Å². The van der Waals surface area contributed by atoms with Crippen molar-refractivity contribution < 1.29 is 14.6 Å². The quantitative estimate of drug-likeness (QED) is 0.851. The first-order valence-electron chi connectivity index (χ1n) is 6.90. The van der Waals surface area contributed by atoms with Crippen LogP contribution in [0, 0.1) is 0 Å². The molecule has 1 fully saturated rings. The van der Waals surface area contributed by atoms with E-state index in [0.717, 1.165) is 32.0 Å². The second-order valence-electron chi connectivity index (χ2n) is 5.03. The Balaban J connectivity index is 2.00. The molecule has 7 heteroatoms. The molecule has 0 aromatic carbocycles. The lowest BCUT2D eigenvalue weighted by Crippen LogP contribution is -2.43. The van der Waals surface area contributed by atoms with Crippen molar-refractivity contribution in [3.8, 4) is 5.75 Å². The Morgan fingerprint density at radius 3 is 2.86 bits per heavy atom. The maximum absolute atomic E-state index is 11.3. The highest BCUT2D eigenvalue weighted by Crippen LogP contribution is 2.19. The van der Waals surface area contributed by atoms with Crippen LogP contribution >= 0.6 is 0 Å². The Morgan fingerprint density at radius 2 is 2.19 bits per heavy atom. The molecule has 1 aliphatic rings. The highest BCUT2D eigenvalue weighted by atomic mass is 16.5. The number of fused-ring (bicyclic) bond motifs is 1. The molecule has 0 radical (unpaired) electrons. The highest BCUT2D eigenvalue weighted by Gasteiger charge is 2.19. The summed E-state index contributed by atoms with van der Waals surface area (Å²) in [5.41, 5.74) is 0.677. The SMILES string of the molecule is COc1ccc2c(C(=O)O)nc(CN3CCNCC3)n2c1. The Bertz CT molecular complexity index is 662. The van der Waals surface area contributed by atoms with E-state index in [-0.39, 0.29) is 5.69 Å². The fraction of sp³-hybridized carbons (Fsp3) is 0.429. The molecule has 2 aromatic rings. The van der Waals surface area contributed by atoms with Gasteiger partial charge in [-0.25, -0.2) is 9.78 Å². The van der Waals surface area contributed by atoms with E-state index in [9.17, 15) is 9.90 Å². The number of aromatic nitrogens is 2. The van der Waals surface area contributed by atoms with Gasteiger partial charge in [-0.15, -0.1) is 0 Å². The molecule has 0 amide bonds. The monoisotopic (exact) mass is 290 g/mol. The van der Waals surface area contributed by atoms with Crippen LogP contribution in [0.15, 0.2) is 18.3 Å². The van der Waals surface area contributed by atoms with Crippen molar-refractivity contribution >= 4 is 11.5 Å². The maximum Gasteiger partial charge on any atom is 0.356 e. The van der Waals surface area contributed by atoms with E-state index in [1.54, 1.807) is 25.4 Å². The van der Waals surface area contributed by atoms with E-state index in [2.05, 4.69) is 15.2 Å². The van der Waals surface area contributed by atoms with Gasteiger partial charge in [-0.3, -0.25) is 9.30 Å². The minimum absolute atomic E-state index is 0.0859. The lowest BCUT2D eigenvalue weighted by atomic mass is 10.3. The van der Waals surface area contributed by atoms with E-state index in [0.29, 0.717) is 17.8 Å². The van der Waals surface area contributed by atoms with E-state index < -0.39 is 5.97 Å². The average molecular weight is 290 g/mol. The van der Waals surface area contributed by atoms with Gasteiger partial charge < -0.3 is 15.2 Å². The lowest BCUT2D eigenvalue weighted by molar-refractivity contribution is 0.0693. The first kappa shape index (κ1) is 13.8. The van der Waals surface area contributed by atoms with E-state index in [1.165, 1.54) is 0 Å². The molecule has 2 N–H and O–H groups in total. The van der Waals surface area contributed by atoms with Crippen LogP contribution in [0.1, 0.15) is 16.3 Å². The van der Waals surface area contributed by atoms with Crippen molar-refractivity contribution in [3.05, 3.63) is 29.8 Å². The van der Waals surface area contributed by atoms with Gasteiger partial charge in [-0.2, -0.15) is 0 Å². The standard InChI is InChI=1S/C14H18N4O3/c1-21-10-2-3-11-13(14(19)20)16-12(18(11)8-10)9-17-6-4-15-5-7-17/h2-3,8,15H,4-7,9H2,1H3,(H,19,20). The van der Waals surface area contributed by atoms with Crippen LogP contribution in [0.2, 0.25) is 0 Å². The third-order valence-corrected chi connectivity index (χ3v) is 3.70. The zero-order chi connectivity index (χ0) is 14.8. The molecule has 7 nitrogen and oxygen atoms in total. The third kappa shape index (κ3) is 2.70. The summed E-state index contributed by atoms with van der Waals surface area (Å²) in [5, 5.41) is 12.6. The first-order chi connectivity index (χ1) is 10.2. The second-order valence-corrected chi connectivity index (χ2v) is 5.03. The molecule has 0 atom stereocenters. The molecule has 0 unspecified atom stereocenters. The van der Waals surface area contributed by atoms with Crippen LogP contribution in [0.5, 0.6) is 5.75 Å². The van der Waals surface area contributed by atoms with Crippen molar-refractivity contribution in [2.24, 2.45) is 0 Å². The average Bonchev–Trinajstić information content (AvgIpc) is 2.86. The van der Waals surface area contributed by atoms with Crippen molar-refractivity contribution in [2.45, 2.75) is 6.54 Å². The Morgan fingerprint density at radius 1 is 1.43 bits per heavy atom. The zero-order valence-electron chi connectivity index (χ0n) is 11.9. The number of pyridine rings is 1. The highest BCUT2D eigenvalue weighted by molar-refractivity contribution is 5.93. The summed E-state index contributed by atoms with van der Waals surface area (Å²) in [6, 6.07) is 3.48. The summed E-state index contributed by atoms with van der Waals surface area (Å²) in [4.78, 5) is 17.9. The molecule has 2 aromatic heterocycles. The van der Waals surface area contributed by atoms with Crippen LogP contribution in [0.4, 0.5) is 0 Å². The molecule has 0 aliphatic carbocycles. The van der Waals surface area contributed by atoms with Crippen molar-refractivity contribution in [1.82, 2.24) is 19.6 Å². The summed E-state index contributed by atoms with van der Waals surface area (Å²) in [5.74, 6) is 0.394. The number of hydrogen-bond acceptors (Lipinski definition) is 5. The van der Waals surface area contributed by atoms with Crippen LogP contribution in [0.3, 0.4) is 0 Å². The van der Waals surface area contributed by atoms with E-state index in [4.69, 9.17) is 4.74 Å². The topological polar surface area (TPSA) is 79.1 Å². The lowest BCUT2D eigenvalue weighted by Gasteiger charge is -2.26. The predicted molar refractivity (Wildman–Crippen MR) is 76.9 cm³/mol. The molecule has 0 saturated carbocycles. The summed E-state index contributed by atoms with van der Waals surface area (Å²) >= 11 is 0. The zero-order valence-corrected chi connectivity index (χ0v) is 11.9. The molecular formula is C14H18N4O3. The fourth-order valence-electron chi connectivity index (χ4n) is 2.59. The minimum atomic E-state index is -1.01. The number of carboxylic acid groups (broad SMARTS) is 1. The molecule has 112 valence electrons. The van der Waals surface area contributed by atoms with Crippen molar-refractivity contribution in [2.75, 3.05) is 33.3 Å². The number of ether oxygens (including phenoxy) is 1. The van der Waals surface area contributed by atoms with E-state index in [1.807, 2.05) is 4.40 Å². The number of nitrogens with zero attached hydrogens (tertiary/aromatic N) is 3. The molecular weight excluding hydrogens is 272 g/mol. The van der Waals surface area contributed by atoms with E-state index >= 15 is 0 Å². The number of carboxylic acids is 1. The number of carbonyl (C=O) groups is 1. The van der Waals surface area contributed by atoms with Crippen LogP contribution < -0.4 is 10.1 Å². The fourth-order valence-corrected chi connectivity index (χ4v) is 2.59. The van der Waals surface area contributed by atoms with Gasteiger partial charge in [-0.1, -0.05) is 0 Å². The number of nitrogens with one attached hydrogen (secondary N) is 1. The molecule has 3 heterocycles. The Kier molecular flexibility index (Phi) is 3.76. The predicted octanol–water partition coefficient (Wildman–Crippen LogP) is 0.446. The Labute approximate surface area is 122 Å². The van der Waals surface area contributed by atoms with Gasteiger partial charge in [-0.05, 0) is 12.1 Å². The van der Waals surface area contributed by atoms with Crippen LogP contribution in [-0.2, 0) is 6.54 Å². The van der Waals surface area contributed by atoms with Gasteiger partial charge in [0, 0.05) is 26.2 Å². The largest absolute Gasteiger partial charge is 0.495 e. The smallest absolute Gasteiger partial charge is 0.356 e. The normalized spacial score (nSPS) is 16.2. The van der Waals surface area contributed by atoms with Crippen LogP contribution in [0.25, 0.3) is 5.52 Å². The molecule has 0 bridgehead atoms. The summed E-state index contributed by atoms with van der Waals surface area (Å²) in [6.07, 6.45) is 1.78. The number of hydrogen-bond donors (Lipinski definition) is 2. The van der Waals surface area contributed by atoms with Gasteiger partial charge in [0.25, 0.3) is 0 Å². The molecule has 3 rings (SSSR count). The molecule has 21 heavy (non-hydrogen) atoms. The van der Waals surface area contributed by atoms with Crippen molar-refractivity contribution in [3.63, 3.8) is 0 Å². The number of imidazole rings is 1. The first-order valence-corrected chi connectivity index (χ1v) is 6.90. The molecule has 1 aliphatic heterocycles. The number of rotatable bonds is 4. The summed E-state index contributed by atoms with van der Waals surface area (Å²) < 4.78 is 7.03. The number of aromatic carboxylic acids is 1. The van der Waals surface area contributed by atoms with Gasteiger partial charge in [0.2, 0.25) is 0 Å². The van der Waals surface area contributed by atoms with Gasteiger partial charge in [0.05, 0.1) is 25.4 Å². The Hall–Kier alpha value is -2.12. The maximum atomic E-state index is 11.3. The van der Waals surface area contributed by atoms with Crippen molar-refractivity contribution in [1.29, 1.82) is 0 Å². The summed E-state index contributed by atoms with van der Waals surface area (Å²) in [6.45, 7) is 4.38.